The van der Waals surface area contributed by atoms with Gasteiger partial charge in [0.2, 0.25) is 0 Å². The van der Waals surface area contributed by atoms with Crippen molar-refractivity contribution >= 4 is 23.1 Å². The van der Waals surface area contributed by atoms with Crippen LogP contribution in [0.5, 0.6) is 0 Å². The van der Waals surface area contributed by atoms with Crippen molar-refractivity contribution in [1.29, 1.82) is 0 Å². The van der Waals surface area contributed by atoms with Crippen LogP contribution in [0.2, 0.25) is 0 Å². The summed E-state index contributed by atoms with van der Waals surface area (Å²) < 4.78 is 0. The summed E-state index contributed by atoms with van der Waals surface area (Å²) in [4.78, 5) is 11.5. The lowest BCUT2D eigenvalue weighted by Gasteiger charge is -2.07. The predicted octanol–water partition coefficient (Wildman–Crippen LogP) is 3.53. The Balaban J connectivity index is 3.05. The van der Waals surface area contributed by atoms with Crippen LogP contribution in [0.3, 0.4) is 0 Å². The normalized spacial score (nSPS) is 10.1. The molecule has 0 saturated heterocycles. The average molecular weight is 240 g/mol. The van der Waals surface area contributed by atoms with Gasteiger partial charge in [-0.2, -0.15) is 0 Å². The number of nitrogens with one attached hydrogen (secondary N) is 1. The van der Waals surface area contributed by atoms with Crippen molar-refractivity contribution in [2.24, 2.45) is 0 Å². The number of thioether (sulfide) groups is 1. The van der Waals surface area contributed by atoms with Gasteiger partial charge in [-0.1, -0.05) is 13.0 Å². The molecular formula is C11H16N2O2S. The smallest absolute Gasteiger partial charge is 0.305 e. The Morgan fingerprint density at radius 2 is 2.19 bits per heavy atom. The van der Waals surface area contributed by atoms with Crippen molar-refractivity contribution in [3.63, 3.8) is 0 Å². The summed E-state index contributed by atoms with van der Waals surface area (Å²) in [5, 5.41) is 14.1. The second-order valence-corrected chi connectivity index (χ2v) is 4.42. The Bertz CT molecular complexity index is 369. The Morgan fingerprint density at radius 1 is 1.44 bits per heavy atom. The van der Waals surface area contributed by atoms with Crippen molar-refractivity contribution in [3.8, 4) is 0 Å². The molecule has 0 fully saturated rings. The average Bonchev–Trinajstić information content (AvgIpc) is 2.26. The first-order valence-corrected chi connectivity index (χ1v) is 6.33. The van der Waals surface area contributed by atoms with E-state index in [9.17, 15) is 10.1 Å². The standard InChI is InChI=1S/C11H16N2O2S/c1-3-8-16-10-7-5-6-9(12-4-2)11(10)13(14)15/h5-7,12H,3-4,8H2,1-2H3. The molecule has 0 aromatic heterocycles. The van der Waals surface area contributed by atoms with Gasteiger partial charge in [-0.3, -0.25) is 10.1 Å². The number of nitro groups is 1. The summed E-state index contributed by atoms with van der Waals surface area (Å²) in [6.07, 6.45) is 1.01. The van der Waals surface area contributed by atoms with Crippen LogP contribution >= 0.6 is 11.8 Å². The van der Waals surface area contributed by atoms with E-state index in [1.807, 2.05) is 13.0 Å². The number of para-hydroxylation sites is 1. The zero-order valence-corrected chi connectivity index (χ0v) is 10.3. The molecule has 0 saturated carbocycles. The highest BCUT2D eigenvalue weighted by molar-refractivity contribution is 7.99. The predicted molar refractivity (Wildman–Crippen MR) is 68.3 cm³/mol. The zero-order chi connectivity index (χ0) is 12.0. The van der Waals surface area contributed by atoms with Gasteiger partial charge in [0.15, 0.2) is 0 Å². The minimum atomic E-state index is -0.310. The molecule has 0 spiro atoms. The molecule has 0 aliphatic heterocycles. The summed E-state index contributed by atoms with van der Waals surface area (Å²) in [7, 11) is 0. The summed E-state index contributed by atoms with van der Waals surface area (Å²) in [6, 6.07) is 5.40. The number of hydrogen-bond donors (Lipinski definition) is 1. The second kappa shape index (κ2) is 6.37. The molecule has 0 unspecified atom stereocenters. The van der Waals surface area contributed by atoms with Crippen LogP contribution in [0.15, 0.2) is 23.1 Å². The molecule has 88 valence electrons. The van der Waals surface area contributed by atoms with E-state index < -0.39 is 0 Å². The van der Waals surface area contributed by atoms with Crippen LogP contribution < -0.4 is 5.32 Å². The van der Waals surface area contributed by atoms with Crippen LogP contribution in [0.4, 0.5) is 11.4 Å². The van der Waals surface area contributed by atoms with Crippen LogP contribution in [-0.4, -0.2) is 17.2 Å². The van der Waals surface area contributed by atoms with Gasteiger partial charge in [-0.15, -0.1) is 11.8 Å². The number of nitro benzene ring substituents is 1. The van der Waals surface area contributed by atoms with Gasteiger partial charge in [0.25, 0.3) is 0 Å². The first kappa shape index (κ1) is 12.8. The number of hydrogen-bond acceptors (Lipinski definition) is 4. The number of nitrogens with zero attached hydrogens (tertiary/aromatic N) is 1. The fourth-order valence-corrected chi connectivity index (χ4v) is 2.29. The molecule has 16 heavy (non-hydrogen) atoms. The van der Waals surface area contributed by atoms with Crippen LogP contribution in [0.1, 0.15) is 20.3 Å². The van der Waals surface area contributed by atoms with Crippen LogP contribution in [0.25, 0.3) is 0 Å². The fraction of sp³-hybridized carbons (Fsp3) is 0.455. The number of benzene rings is 1. The molecule has 1 aromatic carbocycles. The highest BCUT2D eigenvalue weighted by Gasteiger charge is 2.18. The van der Waals surface area contributed by atoms with Crippen LogP contribution in [0, 0.1) is 10.1 Å². The maximum Gasteiger partial charge on any atom is 0.305 e. The molecule has 5 heteroatoms. The molecule has 0 radical (unpaired) electrons. The topological polar surface area (TPSA) is 55.2 Å². The fourth-order valence-electron chi connectivity index (χ4n) is 1.37. The molecule has 1 N–H and O–H groups in total. The molecule has 0 amide bonds. The lowest BCUT2D eigenvalue weighted by molar-refractivity contribution is -0.386. The van der Waals surface area contributed by atoms with Gasteiger partial charge in [0.05, 0.1) is 9.82 Å². The van der Waals surface area contributed by atoms with E-state index >= 15 is 0 Å². The second-order valence-electron chi connectivity index (χ2n) is 3.29. The van der Waals surface area contributed by atoms with Crippen molar-refractivity contribution in [3.05, 3.63) is 28.3 Å². The van der Waals surface area contributed by atoms with E-state index in [1.54, 1.807) is 12.1 Å². The first-order chi connectivity index (χ1) is 7.70. The van der Waals surface area contributed by atoms with Gasteiger partial charge >= 0.3 is 5.69 Å². The SMILES string of the molecule is CCCSc1cccc(NCC)c1[N+](=O)[O-]. The van der Waals surface area contributed by atoms with Crippen molar-refractivity contribution in [2.75, 3.05) is 17.6 Å². The first-order valence-electron chi connectivity index (χ1n) is 5.34. The third-order valence-corrected chi connectivity index (χ3v) is 3.26. The van der Waals surface area contributed by atoms with E-state index in [-0.39, 0.29) is 10.6 Å². The Morgan fingerprint density at radius 3 is 2.75 bits per heavy atom. The minimum absolute atomic E-state index is 0.197. The van der Waals surface area contributed by atoms with E-state index in [0.29, 0.717) is 12.2 Å². The molecule has 1 aromatic rings. The van der Waals surface area contributed by atoms with E-state index in [4.69, 9.17) is 0 Å². The zero-order valence-electron chi connectivity index (χ0n) is 9.53. The lowest BCUT2D eigenvalue weighted by atomic mass is 10.2. The third-order valence-electron chi connectivity index (χ3n) is 2.01. The van der Waals surface area contributed by atoms with E-state index in [0.717, 1.165) is 17.1 Å². The molecule has 0 aliphatic rings. The Hall–Kier alpha value is -1.23. The summed E-state index contributed by atoms with van der Waals surface area (Å²) in [6.45, 7) is 4.67. The maximum absolute atomic E-state index is 11.0. The Kier molecular flexibility index (Phi) is 5.11. The third kappa shape index (κ3) is 3.13. The molecule has 0 aliphatic carbocycles. The van der Waals surface area contributed by atoms with Crippen LogP contribution in [-0.2, 0) is 0 Å². The van der Waals surface area contributed by atoms with E-state index in [1.165, 1.54) is 11.8 Å². The molecule has 0 bridgehead atoms. The minimum Gasteiger partial charge on any atom is -0.380 e. The molecule has 1 rings (SSSR count). The quantitative estimate of drug-likeness (QED) is 0.469. The van der Waals surface area contributed by atoms with Gasteiger partial charge in [0, 0.05) is 6.54 Å². The summed E-state index contributed by atoms with van der Waals surface area (Å²) in [5.74, 6) is 0.899. The van der Waals surface area contributed by atoms with Gasteiger partial charge in [0.1, 0.15) is 5.69 Å². The van der Waals surface area contributed by atoms with Gasteiger partial charge in [-0.25, -0.2) is 0 Å². The monoisotopic (exact) mass is 240 g/mol. The molecule has 0 atom stereocenters. The molecular weight excluding hydrogens is 224 g/mol. The molecule has 0 heterocycles. The van der Waals surface area contributed by atoms with Gasteiger partial charge in [-0.05, 0) is 31.2 Å². The Labute approximate surface area is 99.6 Å². The summed E-state index contributed by atoms with van der Waals surface area (Å²) in [5.41, 5.74) is 0.802. The largest absolute Gasteiger partial charge is 0.380 e. The van der Waals surface area contributed by atoms with Gasteiger partial charge < -0.3 is 5.32 Å². The number of anilines is 1. The van der Waals surface area contributed by atoms with Crippen molar-refractivity contribution in [1.82, 2.24) is 0 Å². The molecule has 4 nitrogen and oxygen atoms in total. The highest BCUT2D eigenvalue weighted by atomic mass is 32.2. The van der Waals surface area contributed by atoms with Crippen molar-refractivity contribution < 1.29 is 4.92 Å². The summed E-state index contributed by atoms with van der Waals surface area (Å²) >= 11 is 1.53. The highest BCUT2D eigenvalue weighted by Crippen LogP contribution is 2.35. The van der Waals surface area contributed by atoms with Crippen molar-refractivity contribution in [2.45, 2.75) is 25.2 Å². The number of rotatable bonds is 6. The van der Waals surface area contributed by atoms with E-state index in [2.05, 4.69) is 12.2 Å². The maximum atomic E-state index is 11.0. The lowest BCUT2D eigenvalue weighted by Crippen LogP contribution is -2.02.